The number of para-hydroxylation sites is 1. The van der Waals surface area contributed by atoms with Crippen molar-refractivity contribution in [2.45, 2.75) is 12.8 Å². The molecular formula is C19H15N. The molecular weight excluding hydrogens is 242 g/mol. The number of hydrogen-bond acceptors (Lipinski definition) is 1. The largest absolute Gasteiger partial charge is 0.256 e. The zero-order valence-electron chi connectivity index (χ0n) is 11.4. The molecule has 1 aliphatic rings. The molecule has 1 aromatic heterocycles. The van der Waals surface area contributed by atoms with Crippen LogP contribution in [-0.2, 0) is 0 Å². The molecule has 1 heterocycles. The standard InChI is InChI=1S/C19H15N/c1-13-12-15-6-2-3-9-16(15)18(13)17-10-4-7-14-8-5-11-20-19(14)17/h2-12,18H,1H3. The molecule has 0 radical (unpaired) electrons. The third kappa shape index (κ3) is 1.60. The van der Waals surface area contributed by atoms with Gasteiger partial charge in [0.15, 0.2) is 0 Å². The maximum atomic E-state index is 4.61. The number of fused-ring (bicyclic) bond motifs is 2. The summed E-state index contributed by atoms with van der Waals surface area (Å²) in [7, 11) is 0. The molecule has 3 aromatic rings. The van der Waals surface area contributed by atoms with Gasteiger partial charge in [0, 0.05) is 17.5 Å². The van der Waals surface area contributed by atoms with Gasteiger partial charge in [-0.2, -0.15) is 0 Å². The van der Waals surface area contributed by atoms with Crippen LogP contribution in [-0.4, -0.2) is 4.98 Å². The van der Waals surface area contributed by atoms with Crippen LogP contribution >= 0.6 is 0 Å². The Labute approximate surface area is 118 Å². The predicted molar refractivity (Wildman–Crippen MR) is 83.7 cm³/mol. The van der Waals surface area contributed by atoms with Crippen LogP contribution in [0.2, 0.25) is 0 Å². The average Bonchev–Trinajstić information content (AvgIpc) is 2.82. The molecule has 96 valence electrons. The van der Waals surface area contributed by atoms with Crippen molar-refractivity contribution in [3.63, 3.8) is 0 Å². The highest BCUT2D eigenvalue weighted by molar-refractivity contribution is 5.84. The Morgan fingerprint density at radius 1 is 0.850 bits per heavy atom. The Morgan fingerprint density at radius 2 is 1.65 bits per heavy atom. The van der Waals surface area contributed by atoms with E-state index in [1.54, 1.807) is 0 Å². The van der Waals surface area contributed by atoms with Crippen LogP contribution in [0.1, 0.15) is 29.5 Å². The summed E-state index contributed by atoms with van der Waals surface area (Å²) in [6.45, 7) is 2.21. The Morgan fingerprint density at radius 3 is 2.60 bits per heavy atom. The van der Waals surface area contributed by atoms with Gasteiger partial charge in [-0.15, -0.1) is 0 Å². The van der Waals surface area contributed by atoms with Crippen molar-refractivity contribution in [2.24, 2.45) is 0 Å². The highest BCUT2D eigenvalue weighted by Gasteiger charge is 2.25. The van der Waals surface area contributed by atoms with E-state index in [0.717, 1.165) is 5.52 Å². The maximum absolute atomic E-state index is 4.61. The highest BCUT2D eigenvalue weighted by Crippen LogP contribution is 2.42. The van der Waals surface area contributed by atoms with Crippen LogP contribution in [0.15, 0.2) is 66.4 Å². The Bertz CT molecular complexity index is 825. The van der Waals surface area contributed by atoms with Crippen molar-refractivity contribution in [3.05, 3.63) is 83.1 Å². The second-order valence-corrected chi connectivity index (χ2v) is 5.37. The number of rotatable bonds is 1. The molecule has 0 aliphatic heterocycles. The lowest BCUT2D eigenvalue weighted by Crippen LogP contribution is -2.01. The number of benzene rings is 2. The minimum Gasteiger partial charge on any atom is -0.256 e. The Hall–Kier alpha value is -2.41. The number of aromatic nitrogens is 1. The Kier molecular flexibility index (Phi) is 2.46. The quantitative estimate of drug-likeness (QED) is 0.611. The molecule has 0 saturated carbocycles. The van der Waals surface area contributed by atoms with Gasteiger partial charge in [-0.1, -0.05) is 60.2 Å². The summed E-state index contributed by atoms with van der Waals surface area (Å²) >= 11 is 0. The van der Waals surface area contributed by atoms with Crippen molar-refractivity contribution >= 4 is 17.0 Å². The summed E-state index contributed by atoms with van der Waals surface area (Å²) in [6, 6.07) is 19.2. The first-order valence-corrected chi connectivity index (χ1v) is 6.95. The number of hydrogen-bond donors (Lipinski definition) is 0. The lowest BCUT2D eigenvalue weighted by atomic mass is 9.87. The molecule has 0 amide bonds. The van der Waals surface area contributed by atoms with Crippen molar-refractivity contribution in [1.29, 1.82) is 0 Å². The molecule has 0 bridgehead atoms. The first kappa shape index (κ1) is 11.4. The van der Waals surface area contributed by atoms with E-state index < -0.39 is 0 Å². The van der Waals surface area contributed by atoms with Crippen LogP contribution in [0.5, 0.6) is 0 Å². The molecule has 20 heavy (non-hydrogen) atoms. The van der Waals surface area contributed by atoms with Crippen molar-refractivity contribution in [2.75, 3.05) is 0 Å². The maximum Gasteiger partial charge on any atom is 0.0743 e. The fourth-order valence-corrected chi connectivity index (χ4v) is 3.25. The van der Waals surface area contributed by atoms with E-state index in [2.05, 4.69) is 66.5 Å². The van der Waals surface area contributed by atoms with E-state index in [9.17, 15) is 0 Å². The van der Waals surface area contributed by atoms with E-state index >= 15 is 0 Å². The molecule has 0 saturated heterocycles. The molecule has 0 spiro atoms. The molecule has 1 nitrogen and oxygen atoms in total. The fraction of sp³-hybridized carbons (Fsp3) is 0.105. The average molecular weight is 257 g/mol. The summed E-state index contributed by atoms with van der Waals surface area (Å²) in [6.07, 6.45) is 4.17. The number of pyridine rings is 1. The van der Waals surface area contributed by atoms with E-state index in [1.165, 1.54) is 27.6 Å². The van der Waals surface area contributed by atoms with E-state index in [-0.39, 0.29) is 0 Å². The molecule has 0 fully saturated rings. The third-order valence-corrected chi connectivity index (χ3v) is 4.12. The van der Waals surface area contributed by atoms with Gasteiger partial charge in [0.2, 0.25) is 0 Å². The van der Waals surface area contributed by atoms with Gasteiger partial charge in [0.25, 0.3) is 0 Å². The number of nitrogens with zero attached hydrogens (tertiary/aromatic N) is 1. The van der Waals surface area contributed by atoms with E-state index in [4.69, 9.17) is 0 Å². The predicted octanol–water partition coefficient (Wildman–Crippen LogP) is 4.78. The van der Waals surface area contributed by atoms with Crippen LogP contribution < -0.4 is 0 Å². The van der Waals surface area contributed by atoms with Gasteiger partial charge in [0.1, 0.15) is 0 Å². The fourth-order valence-electron chi connectivity index (χ4n) is 3.25. The molecule has 2 aromatic carbocycles. The third-order valence-electron chi connectivity index (χ3n) is 4.12. The topological polar surface area (TPSA) is 12.9 Å². The van der Waals surface area contributed by atoms with Crippen molar-refractivity contribution in [3.8, 4) is 0 Å². The molecule has 1 aliphatic carbocycles. The Balaban J connectivity index is 1.99. The van der Waals surface area contributed by atoms with Gasteiger partial charge in [-0.3, -0.25) is 4.98 Å². The van der Waals surface area contributed by atoms with E-state index in [0.29, 0.717) is 5.92 Å². The minimum atomic E-state index is 0.338. The number of allylic oxidation sites excluding steroid dienone is 1. The molecule has 1 atom stereocenters. The highest BCUT2D eigenvalue weighted by atomic mass is 14.7. The second kappa shape index (κ2) is 4.31. The van der Waals surface area contributed by atoms with Crippen LogP contribution in [0, 0.1) is 0 Å². The molecule has 1 heteroatoms. The monoisotopic (exact) mass is 257 g/mol. The zero-order valence-corrected chi connectivity index (χ0v) is 11.4. The summed E-state index contributed by atoms with van der Waals surface area (Å²) in [5.74, 6) is 0.338. The SMILES string of the molecule is CC1=Cc2ccccc2C1c1cccc2cccnc12. The lowest BCUT2D eigenvalue weighted by molar-refractivity contribution is 0.983. The summed E-state index contributed by atoms with van der Waals surface area (Å²) in [5.41, 5.74) is 6.54. The normalized spacial score (nSPS) is 17.1. The van der Waals surface area contributed by atoms with Gasteiger partial charge < -0.3 is 0 Å². The van der Waals surface area contributed by atoms with Crippen LogP contribution in [0.3, 0.4) is 0 Å². The summed E-state index contributed by atoms with van der Waals surface area (Å²) in [4.78, 5) is 4.61. The first-order chi connectivity index (χ1) is 9.84. The second-order valence-electron chi connectivity index (χ2n) is 5.37. The summed E-state index contributed by atoms with van der Waals surface area (Å²) < 4.78 is 0. The first-order valence-electron chi connectivity index (χ1n) is 6.95. The lowest BCUT2D eigenvalue weighted by Gasteiger charge is -2.16. The van der Waals surface area contributed by atoms with Crippen LogP contribution in [0.4, 0.5) is 0 Å². The van der Waals surface area contributed by atoms with Crippen molar-refractivity contribution < 1.29 is 0 Å². The van der Waals surface area contributed by atoms with Gasteiger partial charge >= 0.3 is 0 Å². The molecule has 4 rings (SSSR count). The minimum absolute atomic E-state index is 0.338. The van der Waals surface area contributed by atoms with Gasteiger partial charge in [-0.25, -0.2) is 0 Å². The van der Waals surface area contributed by atoms with Gasteiger partial charge in [0.05, 0.1) is 5.52 Å². The van der Waals surface area contributed by atoms with E-state index in [1.807, 2.05) is 12.3 Å². The molecule has 0 N–H and O–H groups in total. The van der Waals surface area contributed by atoms with Crippen molar-refractivity contribution in [1.82, 2.24) is 4.98 Å². The van der Waals surface area contributed by atoms with Crippen LogP contribution in [0.25, 0.3) is 17.0 Å². The summed E-state index contributed by atoms with van der Waals surface area (Å²) in [5, 5.41) is 1.21. The van der Waals surface area contributed by atoms with Gasteiger partial charge in [-0.05, 0) is 29.7 Å². The molecule has 1 unspecified atom stereocenters. The zero-order chi connectivity index (χ0) is 13.5. The smallest absolute Gasteiger partial charge is 0.0743 e.